The molecular weight excluding hydrogens is 296 g/mol. The molecule has 0 spiro atoms. The molecule has 20 heavy (non-hydrogen) atoms. The first-order chi connectivity index (χ1) is 9.12. The van der Waals surface area contributed by atoms with Crippen LogP contribution in [0.1, 0.15) is 49.1 Å². The zero-order valence-corrected chi connectivity index (χ0v) is 13.3. The van der Waals surface area contributed by atoms with Crippen LogP contribution in [0, 0.1) is 6.92 Å². The van der Waals surface area contributed by atoms with Gasteiger partial charge in [0, 0.05) is 0 Å². The van der Waals surface area contributed by atoms with Gasteiger partial charge in [-0.2, -0.15) is 4.98 Å². The third-order valence-electron chi connectivity index (χ3n) is 3.62. The number of thiazole rings is 1. The van der Waals surface area contributed by atoms with Crippen LogP contribution in [0.25, 0.3) is 10.8 Å². The van der Waals surface area contributed by atoms with E-state index in [2.05, 4.69) is 22.0 Å². The third-order valence-corrected chi connectivity index (χ3v) is 4.82. The van der Waals surface area contributed by atoms with Crippen molar-refractivity contribution in [1.82, 2.24) is 15.1 Å². The van der Waals surface area contributed by atoms with E-state index in [9.17, 15) is 0 Å². The van der Waals surface area contributed by atoms with Crippen LogP contribution in [0.5, 0.6) is 0 Å². The number of rotatable bonds is 4. The van der Waals surface area contributed by atoms with Crippen LogP contribution < -0.4 is 5.73 Å². The van der Waals surface area contributed by atoms with Crippen molar-refractivity contribution in [2.75, 3.05) is 0 Å². The predicted octanol–water partition coefficient (Wildman–Crippen LogP) is 3.21. The highest BCUT2D eigenvalue weighted by atomic mass is 35.5. The minimum Gasteiger partial charge on any atom is -0.333 e. The Labute approximate surface area is 128 Å². The summed E-state index contributed by atoms with van der Waals surface area (Å²) in [6.07, 6.45) is 5.10. The smallest absolute Gasteiger partial charge is 0.269 e. The van der Waals surface area contributed by atoms with Crippen LogP contribution in [0.4, 0.5) is 0 Å². The summed E-state index contributed by atoms with van der Waals surface area (Å²) >= 11 is 1.64. The molecule has 0 unspecified atom stereocenters. The lowest BCUT2D eigenvalue weighted by atomic mass is 9.77. The molecule has 1 aliphatic carbocycles. The molecule has 0 radical (unpaired) electrons. The van der Waals surface area contributed by atoms with Crippen molar-refractivity contribution in [1.29, 1.82) is 0 Å². The standard InChI is InChI=1S/C13H18N4OS.ClH/c1-3-5-9-15-8(2)10(19-9)11-16-12(17-18-11)13(14)6-4-7-13;/h3-7,14H2,1-2H3;1H. The summed E-state index contributed by atoms with van der Waals surface area (Å²) in [7, 11) is 0. The first-order valence-corrected chi connectivity index (χ1v) is 7.54. The molecule has 2 heterocycles. The first kappa shape index (κ1) is 15.4. The fourth-order valence-corrected chi connectivity index (χ4v) is 3.36. The third kappa shape index (κ3) is 2.60. The van der Waals surface area contributed by atoms with Gasteiger partial charge in [-0.15, -0.1) is 23.7 Å². The monoisotopic (exact) mass is 314 g/mol. The van der Waals surface area contributed by atoms with E-state index in [1.54, 1.807) is 11.3 Å². The van der Waals surface area contributed by atoms with E-state index in [0.717, 1.165) is 47.7 Å². The van der Waals surface area contributed by atoms with Gasteiger partial charge in [0.25, 0.3) is 5.89 Å². The highest BCUT2D eigenvalue weighted by Gasteiger charge is 2.39. The van der Waals surface area contributed by atoms with E-state index >= 15 is 0 Å². The van der Waals surface area contributed by atoms with Crippen molar-refractivity contribution in [2.24, 2.45) is 5.73 Å². The second-order valence-electron chi connectivity index (χ2n) is 5.20. The zero-order chi connectivity index (χ0) is 13.5. The molecule has 2 N–H and O–H groups in total. The quantitative estimate of drug-likeness (QED) is 0.937. The molecule has 0 aromatic carbocycles. The second-order valence-corrected chi connectivity index (χ2v) is 6.29. The minimum absolute atomic E-state index is 0. The highest BCUT2D eigenvalue weighted by molar-refractivity contribution is 7.15. The van der Waals surface area contributed by atoms with Crippen LogP contribution in [0.2, 0.25) is 0 Å². The van der Waals surface area contributed by atoms with E-state index in [1.807, 2.05) is 6.92 Å². The zero-order valence-electron chi connectivity index (χ0n) is 11.7. The summed E-state index contributed by atoms with van der Waals surface area (Å²) in [5, 5.41) is 5.18. The van der Waals surface area contributed by atoms with Gasteiger partial charge in [-0.1, -0.05) is 12.1 Å². The average Bonchev–Trinajstić information content (AvgIpc) is 2.93. The van der Waals surface area contributed by atoms with Gasteiger partial charge >= 0.3 is 0 Å². The van der Waals surface area contributed by atoms with Gasteiger partial charge in [0.05, 0.1) is 16.2 Å². The van der Waals surface area contributed by atoms with Gasteiger partial charge < -0.3 is 10.3 Å². The van der Waals surface area contributed by atoms with Crippen LogP contribution >= 0.6 is 23.7 Å². The summed E-state index contributed by atoms with van der Waals surface area (Å²) in [6.45, 7) is 4.13. The van der Waals surface area contributed by atoms with Gasteiger partial charge in [0.1, 0.15) is 4.88 Å². The van der Waals surface area contributed by atoms with Crippen molar-refractivity contribution in [2.45, 2.75) is 51.5 Å². The van der Waals surface area contributed by atoms with Crippen molar-refractivity contribution >= 4 is 23.7 Å². The van der Waals surface area contributed by atoms with E-state index in [-0.39, 0.29) is 17.9 Å². The van der Waals surface area contributed by atoms with Gasteiger partial charge in [-0.3, -0.25) is 0 Å². The lowest BCUT2D eigenvalue weighted by Gasteiger charge is -2.34. The lowest BCUT2D eigenvalue weighted by Crippen LogP contribution is -2.44. The van der Waals surface area contributed by atoms with Crippen LogP contribution in [-0.2, 0) is 12.0 Å². The predicted molar refractivity (Wildman–Crippen MR) is 81.1 cm³/mol. The van der Waals surface area contributed by atoms with Crippen molar-refractivity contribution < 1.29 is 4.52 Å². The van der Waals surface area contributed by atoms with Crippen molar-refractivity contribution in [3.8, 4) is 10.8 Å². The Balaban J connectivity index is 0.00000147. The molecule has 2 aromatic rings. The normalized spacial score (nSPS) is 16.6. The fourth-order valence-electron chi connectivity index (χ4n) is 2.27. The molecule has 5 nitrogen and oxygen atoms in total. The molecule has 1 saturated carbocycles. The average molecular weight is 315 g/mol. The molecule has 7 heteroatoms. The van der Waals surface area contributed by atoms with Crippen molar-refractivity contribution in [3.05, 3.63) is 16.5 Å². The van der Waals surface area contributed by atoms with E-state index in [0.29, 0.717) is 11.7 Å². The molecule has 0 atom stereocenters. The molecule has 1 fully saturated rings. The van der Waals surface area contributed by atoms with E-state index in [1.165, 1.54) is 0 Å². The van der Waals surface area contributed by atoms with Gasteiger partial charge in [-0.05, 0) is 39.0 Å². The second kappa shape index (κ2) is 5.79. The van der Waals surface area contributed by atoms with Crippen LogP contribution in [0.3, 0.4) is 0 Å². The summed E-state index contributed by atoms with van der Waals surface area (Å²) in [5.74, 6) is 1.20. The number of halogens is 1. The number of aryl methyl sites for hydroxylation is 2. The van der Waals surface area contributed by atoms with Gasteiger partial charge in [0.15, 0.2) is 5.82 Å². The molecule has 0 bridgehead atoms. The Kier molecular flexibility index (Phi) is 4.46. The van der Waals surface area contributed by atoms with E-state index in [4.69, 9.17) is 10.3 Å². The Hall–Kier alpha value is -0.980. The first-order valence-electron chi connectivity index (χ1n) is 6.72. The van der Waals surface area contributed by atoms with Crippen molar-refractivity contribution in [3.63, 3.8) is 0 Å². The summed E-state index contributed by atoms with van der Waals surface area (Å²) < 4.78 is 5.37. The minimum atomic E-state index is -0.368. The van der Waals surface area contributed by atoms with E-state index < -0.39 is 0 Å². The maximum atomic E-state index is 6.21. The SMILES string of the molecule is CCCc1nc(C)c(-c2nc(C3(N)CCC3)no2)s1.Cl. The number of nitrogens with zero attached hydrogens (tertiary/aromatic N) is 3. The Bertz CT molecular complexity index is 591. The molecule has 0 aliphatic heterocycles. The maximum Gasteiger partial charge on any atom is 0.269 e. The van der Waals surface area contributed by atoms with Crippen LogP contribution in [-0.4, -0.2) is 15.1 Å². The van der Waals surface area contributed by atoms with Gasteiger partial charge in [0.2, 0.25) is 0 Å². The number of hydrogen-bond donors (Lipinski definition) is 1. The molecule has 110 valence electrons. The number of nitrogens with two attached hydrogens (primary N) is 1. The summed E-state index contributed by atoms with van der Waals surface area (Å²) in [4.78, 5) is 9.99. The molecule has 2 aromatic heterocycles. The maximum absolute atomic E-state index is 6.21. The lowest BCUT2D eigenvalue weighted by molar-refractivity contribution is 0.229. The molecular formula is C13H19ClN4OS. The summed E-state index contributed by atoms with van der Waals surface area (Å²) in [5.41, 5.74) is 6.80. The van der Waals surface area contributed by atoms with Gasteiger partial charge in [-0.25, -0.2) is 4.98 Å². The molecule has 0 amide bonds. The Morgan fingerprint density at radius 3 is 2.70 bits per heavy atom. The molecule has 1 aliphatic rings. The largest absolute Gasteiger partial charge is 0.333 e. The fraction of sp³-hybridized carbons (Fsp3) is 0.615. The van der Waals surface area contributed by atoms with Crippen LogP contribution in [0.15, 0.2) is 4.52 Å². The molecule has 0 saturated heterocycles. The number of hydrogen-bond acceptors (Lipinski definition) is 6. The Morgan fingerprint density at radius 1 is 1.35 bits per heavy atom. The number of aromatic nitrogens is 3. The highest BCUT2D eigenvalue weighted by Crippen LogP contribution is 2.38. The Morgan fingerprint density at radius 2 is 2.10 bits per heavy atom. The molecule has 3 rings (SSSR count). The topological polar surface area (TPSA) is 77.8 Å². The summed E-state index contributed by atoms with van der Waals surface area (Å²) in [6, 6.07) is 0.